The summed E-state index contributed by atoms with van der Waals surface area (Å²) in [5, 5.41) is 1.61. The molecule has 0 atom stereocenters. The van der Waals surface area contributed by atoms with E-state index in [0.717, 1.165) is 0 Å². The fourth-order valence-electron chi connectivity index (χ4n) is 1.19. The predicted molar refractivity (Wildman–Crippen MR) is 69.7 cm³/mol. The molecule has 1 rings (SSSR count). The summed E-state index contributed by atoms with van der Waals surface area (Å²) < 4.78 is 0. The van der Waals surface area contributed by atoms with Crippen LogP contribution in [0.3, 0.4) is 0 Å². The van der Waals surface area contributed by atoms with E-state index in [9.17, 15) is 4.79 Å². The first-order valence-corrected chi connectivity index (χ1v) is 6.84. The van der Waals surface area contributed by atoms with E-state index in [-0.39, 0.29) is 0 Å². The number of rotatable bonds is 6. The van der Waals surface area contributed by atoms with E-state index in [0.29, 0.717) is 5.69 Å². The molecule has 0 fully saturated rings. The molecular weight excluding hydrogens is 220 g/mol. The fraction of sp³-hybridized carbons (Fsp3) is 0.667. The van der Waals surface area contributed by atoms with Gasteiger partial charge in [-0.05, 0) is 0 Å². The molecule has 0 radical (unpaired) electrons. The van der Waals surface area contributed by atoms with Crippen LogP contribution in [0.25, 0.3) is 0 Å². The number of carbonyl (C=O) groups is 1. The zero-order valence-corrected chi connectivity index (χ0v) is 11.1. The van der Waals surface area contributed by atoms with Gasteiger partial charge in [-0.3, -0.25) is 4.79 Å². The van der Waals surface area contributed by atoms with Crippen molar-refractivity contribution in [2.24, 2.45) is 5.73 Å². The van der Waals surface area contributed by atoms with Crippen LogP contribution in [0, 0.1) is 0 Å². The number of hydrogen-bond donors (Lipinski definition) is 1. The number of carbonyl (C=O) groups excluding carboxylic acids is 1. The van der Waals surface area contributed by atoms with E-state index in [1.807, 2.05) is 0 Å². The molecule has 0 saturated heterocycles. The average Bonchev–Trinajstić information content (AvgIpc) is 2.79. The maximum atomic E-state index is 10.2. The summed E-state index contributed by atoms with van der Waals surface area (Å²) in [5.74, 6) is -0.466. The van der Waals surface area contributed by atoms with Gasteiger partial charge in [0.15, 0.2) is 0 Å². The molecule has 16 heavy (non-hydrogen) atoms. The lowest BCUT2D eigenvalue weighted by Crippen LogP contribution is -2.10. The monoisotopic (exact) mass is 242 g/mol. The third-order valence-corrected chi connectivity index (χ3v) is 2.73. The van der Waals surface area contributed by atoms with Crippen molar-refractivity contribution in [3.63, 3.8) is 0 Å². The summed E-state index contributed by atoms with van der Waals surface area (Å²) in [6.07, 6.45) is 8.49. The van der Waals surface area contributed by atoms with Gasteiger partial charge < -0.3 is 5.73 Å². The normalized spacial score (nSPS) is 9.38. The van der Waals surface area contributed by atoms with Gasteiger partial charge in [0.2, 0.25) is 0 Å². The van der Waals surface area contributed by atoms with Crippen molar-refractivity contribution in [2.45, 2.75) is 52.4 Å². The van der Waals surface area contributed by atoms with Crippen molar-refractivity contribution < 1.29 is 4.79 Å². The Labute approximate surface area is 102 Å². The van der Waals surface area contributed by atoms with Crippen LogP contribution in [0.1, 0.15) is 62.9 Å². The van der Waals surface area contributed by atoms with E-state index in [2.05, 4.69) is 18.8 Å². The molecule has 0 spiro atoms. The van der Waals surface area contributed by atoms with E-state index >= 15 is 0 Å². The lowest BCUT2D eigenvalue weighted by atomic mass is 10.1. The van der Waals surface area contributed by atoms with Gasteiger partial charge in [-0.2, -0.15) is 0 Å². The Morgan fingerprint density at radius 1 is 1.25 bits per heavy atom. The molecule has 0 aliphatic carbocycles. The lowest BCUT2D eigenvalue weighted by Gasteiger charge is -1.93. The van der Waals surface area contributed by atoms with Crippen LogP contribution in [0.4, 0.5) is 0 Å². The van der Waals surface area contributed by atoms with Crippen LogP contribution in [0.15, 0.2) is 10.9 Å². The van der Waals surface area contributed by atoms with E-state index in [1.54, 1.807) is 10.9 Å². The average molecular weight is 242 g/mol. The largest absolute Gasteiger partial charge is 0.364 e. The highest BCUT2D eigenvalue weighted by Crippen LogP contribution is 2.03. The molecule has 1 amide bonds. The number of thiazole rings is 1. The third-order valence-electron chi connectivity index (χ3n) is 2.14. The topological polar surface area (TPSA) is 56.0 Å². The van der Waals surface area contributed by atoms with Gasteiger partial charge in [0.1, 0.15) is 5.69 Å². The standard InChI is InChI=1S/C8H18.C4H4N2OS/c1-3-5-7-8-6-4-2;5-4(7)3-1-8-2-6-3/h3-8H2,1-2H3;1-2H,(H2,5,7). The number of unbranched alkanes of at least 4 members (excludes halogenated alkanes) is 5. The highest BCUT2D eigenvalue weighted by atomic mass is 32.1. The highest BCUT2D eigenvalue weighted by Gasteiger charge is 1.98. The molecule has 0 bridgehead atoms. The molecule has 3 nitrogen and oxygen atoms in total. The Kier molecular flexibility index (Phi) is 10.0. The number of amides is 1. The summed E-state index contributed by atoms with van der Waals surface area (Å²) in [6, 6.07) is 0. The van der Waals surface area contributed by atoms with E-state index < -0.39 is 5.91 Å². The Morgan fingerprint density at radius 3 is 2.06 bits per heavy atom. The number of aromatic nitrogens is 1. The Bertz CT molecular complexity index is 254. The minimum Gasteiger partial charge on any atom is -0.364 e. The predicted octanol–water partition coefficient (Wildman–Crippen LogP) is 3.61. The second-order valence-corrected chi connectivity index (χ2v) is 4.37. The van der Waals surface area contributed by atoms with Crippen molar-refractivity contribution >= 4 is 17.2 Å². The van der Waals surface area contributed by atoms with Crippen LogP contribution in [-0.4, -0.2) is 10.9 Å². The zero-order chi connectivity index (χ0) is 12.2. The molecule has 1 heterocycles. The molecule has 4 heteroatoms. The van der Waals surface area contributed by atoms with Crippen molar-refractivity contribution in [3.05, 3.63) is 16.6 Å². The minimum absolute atomic E-state index is 0.343. The molecule has 0 saturated carbocycles. The molecule has 1 aromatic heterocycles. The third kappa shape index (κ3) is 8.41. The van der Waals surface area contributed by atoms with E-state index in [1.165, 1.54) is 49.9 Å². The molecule has 92 valence electrons. The second kappa shape index (κ2) is 10.6. The second-order valence-electron chi connectivity index (χ2n) is 3.65. The van der Waals surface area contributed by atoms with Gasteiger partial charge in [0.25, 0.3) is 5.91 Å². The van der Waals surface area contributed by atoms with Crippen LogP contribution in [0.5, 0.6) is 0 Å². The molecule has 0 unspecified atom stereocenters. The quantitative estimate of drug-likeness (QED) is 0.775. The molecule has 0 aliphatic rings. The van der Waals surface area contributed by atoms with Gasteiger partial charge in [-0.1, -0.05) is 52.4 Å². The van der Waals surface area contributed by atoms with Crippen LogP contribution < -0.4 is 5.73 Å². The number of nitrogens with zero attached hydrogens (tertiary/aromatic N) is 1. The Morgan fingerprint density at radius 2 is 1.81 bits per heavy atom. The van der Waals surface area contributed by atoms with Crippen LogP contribution in [0.2, 0.25) is 0 Å². The maximum Gasteiger partial charge on any atom is 0.268 e. The van der Waals surface area contributed by atoms with Crippen molar-refractivity contribution in [1.82, 2.24) is 4.98 Å². The SMILES string of the molecule is CCCCCCCC.NC(=O)c1cscn1. The van der Waals surface area contributed by atoms with E-state index in [4.69, 9.17) is 5.73 Å². The Balaban J connectivity index is 0.000000281. The molecule has 2 N–H and O–H groups in total. The smallest absolute Gasteiger partial charge is 0.268 e. The first-order chi connectivity index (χ1) is 7.72. The van der Waals surface area contributed by atoms with Gasteiger partial charge >= 0.3 is 0 Å². The summed E-state index contributed by atoms with van der Waals surface area (Å²) in [6.45, 7) is 4.51. The van der Waals surface area contributed by atoms with Gasteiger partial charge in [0.05, 0.1) is 5.51 Å². The minimum atomic E-state index is -0.466. The van der Waals surface area contributed by atoms with Crippen LogP contribution >= 0.6 is 11.3 Å². The summed E-state index contributed by atoms with van der Waals surface area (Å²) >= 11 is 1.36. The van der Waals surface area contributed by atoms with Gasteiger partial charge in [0, 0.05) is 5.38 Å². The number of primary amides is 1. The number of nitrogens with two attached hydrogens (primary N) is 1. The van der Waals surface area contributed by atoms with Gasteiger partial charge in [-0.25, -0.2) is 4.98 Å². The van der Waals surface area contributed by atoms with Gasteiger partial charge in [-0.15, -0.1) is 11.3 Å². The molecule has 0 aliphatic heterocycles. The van der Waals surface area contributed by atoms with Crippen molar-refractivity contribution in [1.29, 1.82) is 0 Å². The van der Waals surface area contributed by atoms with Crippen LogP contribution in [-0.2, 0) is 0 Å². The maximum absolute atomic E-state index is 10.2. The molecular formula is C12H22N2OS. The zero-order valence-electron chi connectivity index (χ0n) is 10.2. The lowest BCUT2D eigenvalue weighted by molar-refractivity contribution is 0.0996. The molecule has 0 aromatic carbocycles. The molecule has 1 aromatic rings. The number of hydrogen-bond acceptors (Lipinski definition) is 3. The van der Waals surface area contributed by atoms with Crippen molar-refractivity contribution in [2.75, 3.05) is 0 Å². The summed E-state index contributed by atoms with van der Waals surface area (Å²) in [5.41, 5.74) is 6.78. The summed E-state index contributed by atoms with van der Waals surface area (Å²) in [4.78, 5) is 13.9. The van der Waals surface area contributed by atoms with Crippen molar-refractivity contribution in [3.8, 4) is 0 Å². The Hall–Kier alpha value is -0.900. The highest BCUT2D eigenvalue weighted by molar-refractivity contribution is 7.07. The first-order valence-electron chi connectivity index (χ1n) is 5.90. The summed E-state index contributed by atoms with van der Waals surface area (Å²) in [7, 11) is 0. The first kappa shape index (κ1) is 15.1. The fourth-order valence-corrected chi connectivity index (χ4v) is 1.73.